The lowest BCUT2D eigenvalue weighted by Gasteiger charge is -2.34. The van der Waals surface area contributed by atoms with Crippen LogP contribution in [0.25, 0.3) is 0 Å². The molecular weight excluding hydrogens is 354 g/mol. The standard InChI is InChI=1S/C22H29N3O3/c1-16(2)20(24-21(26)19-11-7-13-28-19)22(27)23-18-10-6-12-25(15-18)14-17-8-4-3-5-9-17/h3-5,7-9,11,13,16,18,20H,6,10,12,14-15H2,1-2H3,(H,23,27)(H,24,26). The number of nitrogens with zero attached hydrogens (tertiary/aromatic N) is 1. The van der Waals surface area contributed by atoms with E-state index < -0.39 is 6.04 Å². The molecule has 1 aliphatic heterocycles. The van der Waals surface area contributed by atoms with E-state index in [4.69, 9.17) is 4.42 Å². The van der Waals surface area contributed by atoms with Gasteiger partial charge in [-0.1, -0.05) is 44.2 Å². The molecule has 1 aromatic heterocycles. The van der Waals surface area contributed by atoms with Crippen LogP contribution in [0.15, 0.2) is 53.1 Å². The van der Waals surface area contributed by atoms with Gasteiger partial charge in [-0.25, -0.2) is 0 Å². The zero-order valence-electron chi connectivity index (χ0n) is 16.6. The molecule has 1 aromatic carbocycles. The van der Waals surface area contributed by atoms with E-state index in [-0.39, 0.29) is 29.5 Å². The molecule has 0 aliphatic carbocycles. The summed E-state index contributed by atoms with van der Waals surface area (Å²) in [6, 6.07) is 13.1. The highest BCUT2D eigenvalue weighted by Gasteiger charge is 2.29. The Morgan fingerprint density at radius 1 is 1.18 bits per heavy atom. The van der Waals surface area contributed by atoms with Gasteiger partial charge in [-0.2, -0.15) is 0 Å². The summed E-state index contributed by atoms with van der Waals surface area (Å²) in [7, 11) is 0. The van der Waals surface area contributed by atoms with E-state index in [1.54, 1.807) is 12.1 Å². The molecule has 1 saturated heterocycles. The normalized spacial score (nSPS) is 18.6. The summed E-state index contributed by atoms with van der Waals surface area (Å²) in [5.41, 5.74) is 1.28. The molecule has 0 saturated carbocycles. The number of carbonyl (C=O) groups is 2. The van der Waals surface area contributed by atoms with E-state index in [0.29, 0.717) is 0 Å². The second kappa shape index (κ2) is 9.55. The van der Waals surface area contributed by atoms with Crippen molar-refractivity contribution in [2.75, 3.05) is 13.1 Å². The molecule has 0 bridgehead atoms. The van der Waals surface area contributed by atoms with E-state index in [1.807, 2.05) is 32.0 Å². The third-order valence-electron chi connectivity index (χ3n) is 5.08. The second-order valence-corrected chi connectivity index (χ2v) is 7.74. The van der Waals surface area contributed by atoms with Gasteiger partial charge < -0.3 is 15.1 Å². The number of nitrogens with one attached hydrogen (secondary N) is 2. The van der Waals surface area contributed by atoms with Crippen molar-refractivity contribution in [2.24, 2.45) is 5.92 Å². The molecule has 2 N–H and O–H groups in total. The summed E-state index contributed by atoms with van der Waals surface area (Å²) in [5.74, 6) is -0.317. The van der Waals surface area contributed by atoms with E-state index in [2.05, 4.69) is 27.7 Å². The molecule has 1 aliphatic rings. The van der Waals surface area contributed by atoms with Gasteiger partial charge in [-0.3, -0.25) is 14.5 Å². The lowest BCUT2D eigenvalue weighted by molar-refractivity contribution is -0.125. The smallest absolute Gasteiger partial charge is 0.287 e. The number of furan rings is 1. The first-order valence-electron chi connectivity index (χ1n) is 9.94. The molecule has 2 aromatic rings. The van der Waals surface area contributed by atoms with E-state index >= 15 is 0 Å². The minimum Gasteiger partial charge on any atom is -0.459 e. The molecular formula is C22H29N3O3. The molecule has 6 nitrogen and oxygen atoms in total. The van der Waals surface area contributed by atoms with Crippen LogP contribution in [0.5, 0.6) is 0 Å². The Labute approximate surface area is 166 Å². The molecule has 2 unspecified atom stereocenters. The van der Waals surface area contributed by atoms with Crippen LogP contribution in [0.4, 0.5) is 0 Å². The Hall–Kier alpha value is -2.60. The van der Waals surface area contributed by atoms with Crippen molar-refractivity contribution >= 4 is 11.8 Å². The average molecular weight is 383 g/mol. The van der Waals surface area contributed by atoms with Crippen LogP contribution >= 0.6 is 0 Å². The Bertz CT molecular complexity index is 759. The Kier molecular flexibility index (Phi) is 6.87. The summed E-state index contributed by atoms with van der Waals surface area (Å²) in [5, 5.41) is 5.94. The summed E-state index contributed by atoms with van der Waals surface area (Å²) >= 11 is 0. The van der Waals surface area contributed by atoms with Crippen molar-refractivity contribution < 1.29 is 14.0 Å². The number of piperidine rings is 1. The number of amides is 2. The average Bonchev–Trinajstić information content (AvgIpc) is 3.21. The van der Waals surface area contributed by atoms with Crippen LogP contribution in [0.3, 0.4) is 0 Å². The third kappa shape index (κ3) is 5.45. The number of hydrogen-bond donors (Lipinski definition) is 2. The highest BCUT2D eigenvalue weighted by atomic mass is 16.3. The van der Waals surface area contributed by atoms with Gasteiger partial charge in [0.05, 0.1) is 6.26 Å². The zero-order chi connectivity index (χ0) is 19.9. The van der Waals surface area contributed by atoms with Gasteiger partial charge in [-0.05, 0) is 43.0 Å². The van der Waals surface area contributed by atoms with Gasteiger partial charge in [-0.15, -0.1) is 0 Å². The maximum atomic E-state index is 12.8. The molecule has 2 amide bonds. The zero-order valence-corrected chi connectivity index (χ0v) is 16.6. The quantitative estimate of drug-likeness (QED) is 0.771. The molecule has 6 heteroatoms. The predicted molar refractivity (Wildman–Crippen MR) is 108 cm³/mol. The highest BCUT2D eigenvalue weighted by Crippen LogP contribution is 2.15. The van der Waals surface area contributed by atoms with Crippen molar-refractivity contribution in [3.8, 4) is 0 Å². The molecule has 1 fully saturated rings. The molecule has 150 valence electrons. The lowest BCUT2D eigenvalue weighted by atomic mass is 10.0. The summed E-state index contributed by atoms with van der Waals surface area (Å²) in [6.45, 7) is 6.59. The predicted octanol–water partition coefficient (Wildman–Crippen LogP) is 2.81. The Morgan fingerprint density at radius 2 is 1.96 bits per heavy atom. The minimum atomic E-state index is -0.595. The maximum absolute atomic E-state index is 12.8. The third-order valence-corrected chi connectivity index (χ3v) is 5.08. The monoisotopic (exact) mass is 383 g/mol. The fourth-order valence-corrected chi connectivity index (χ4v) is 3.60. The van der Waals surface area contributed by atoms with Crippen molar-refractivity contribution in [3.05, 3.63) is 60.1 Å². The van der Waals surface area contributed by atoms with E-state index in [9.17, 15) is 9.59 Å². The molecule has 3 rings (SSSR count). The van der Waals surface area contributed by atoms with Crippen LogP contribution in [0.1, 0.15) is 42.8 Å². The number of hydrogen-bond acceptors (Lipinski definition) is 4. The van der Waals surface area contributed by atoms with Crippen molar-refractivity contribution in [1.82, 2.24) is 15.5 Å². The lowest BCUT2D eigenvalue weighted by Crippen LogP contribution is -2.55. The van der Waals surface area contributed by atoms with Gasteiger partial charge in [0.25, 0.3) is 5.91 Å². The molecule has 28 heavy (non-hydrogen) atoms. The second-order valence-electron chi connectivity index (χ2n) is 7.74. The van der Waals surface area contributed by atoms with Gasteiger partial charge in [0, 0.05) is 19.1 Å². The van der Waals surface area contributed by atoms with Crippen LogP contribution in [-0.4, -0.2) is 41.9 Å². The SMILES string of the molecule is CC(C)C(NC(=O)c1ccco1)C(=O)NC1CCCN(Cc2ccccc2)C1. The number of rotatable bonds is 7. The molecule has 2 heterocycles. The van der Waals surface area contributed by atoms with Crippen LogP contribution in [0, 0.1) is 5.92 Å². The molecule has 2 atom stereocenters. The summed E-state index contributed by atoms with van der Waals surface area (Å²) < 4.78 is 5.13. The molecule has 0 radical (unpaired) electrons. The Morgan fingerprint density at radius 3 is 2.64 bits per heavy atom. The van der Waals surface area contributed by atoms with Crippen LogP contribution < -0.4 is 10.6 Å². The number of benzene rings is 1. The topological polar surface area (TPSA) is 74.6 Å². The van der Waals surface area contributed by atoms with Gasteiger partial charge in [0.2, 0.25) is 5.91 Å². The first-order valence-corrected chi connectivity index (χ1v) is 9.94. The fourth-order valence-electron chi connectivity index (χ4n) is 3.60. The number of carbonyl (C=O) groups excluding carboxylic acids is 2. The summed E-state index contributed by atoms with van der Waals surface area (Å²) in [4.78, 5) is 27.5. The van der Waals surface area contributed by atoms with Crippen molar-refractivity contribution in [3.63, 3.8) is 0 Å². The van der Waals surface area contributed by atoms with Crippen LogP contribution in [-0.2, 0) is 11.3 Å². The van der Waals surface area contributed by atoms with Gasteiger partial charge in [0.15, 0.2) is 5.76 Å². The summed E-state index contributed by atoms with van der Waals surface area (Å²) in [6.07, 6.45) is 3.44. The molecule has 0 spiro atoms. The fraction of sp³-hybridized carbons (Fsp3) is 0.455. The van der Waals surface area contributed by atoms with Gasteiger partial charge >= 0.3 is 0 Å². The highest BCUT2D eigenvalue weighted by molar-refractivity contribution is 5.95. The first kappa shape index (κ1) is 20.1. The Balaban J connectivity index is 1.55. The van der Waals surface area contributed by atoms with Gasteiger partial charge in [0.1, 0.15) is 6.04 Å². The maximum Gasteiger partial charge on any atom is 0.287 e. The minimum absolute atomic E-state index is 0.0251. The van der Waals surface area contributed by atoms with Crippen molar-refractivity contribution in [2.45, 2.75) is 45.3 Å². The first-order chi connectivity index (χ1) is 13.5. The van der Waals surface area contributed by atoms with Crippen LogP contribution in [0.2, 0.25) is 0 Å². The van der Waals surface area contributed by atoms with E-state index in [0.717, 1.165) is 32.5 Å². The largest absolute Gasteiger partial charge is 0.459 e. The van der Waals surface area contributed by atoms with E-state index in [1.165, 1.54) is 11.8 Å². The number of likely N-dealkylation sites (tertiary alicyclic amines) is 1. The van der Waals surface area contributed by atoms with Crippen molar-refractivity contribution in [1.29, 1.82) is 0 Å².